The lowest BCUT2D eigenvalue weighted by molar-refractivity contribution is -0.119. The zero-order chi connectivity index (χ0) is 16.1. The zero-order valence-corrected chi connectivity index (χ0v) is 13.0. The molecule has 2 N–H and O–H groups in total. The highest BCUT2D eigenvalue weighted by Gasteiger charge is 2.25. The summed E-state index contributed by atoms with van der Waals surface area (Å²) >= 11 is 0. The van der Waals surface area contributed by atoms with Crippen LogP contribution in [0.2, 0.25) is 0 Å². The van der Waals surface area contributed by atoms with Crippen LogP contribution in [0.5, 0.6) is 0 Å². The second-order valence-electron chi connectivity index (χ2n) is 5.57. The smallest absolute Gasteiger partial charge is 0.273 e. The summed E-state index contributed by atoms with van der Waals surface area (Å²) in [6, 6.07) is 5.22. The molecule has 1 saturated heterocycles. The van der Waals surface area contributed by atoms with Crippen LogP contribution in [0.15, 0.2) is 18.2 Å². The molecule has 22 heavy (non-hydrogen) atoms. The molecule has 0 radical (unpaired) electrons. The van der Waals surface area contributed by atoms with Crippen molar-refractivity contribution in [1.29, 1.82) is 0 Å². The number of ether oxygens (including phenoxy) is 1. The first-order valence-electron chi connectivity index (χ1n) is 7.27. The maximum atomic E-state index is 12.6. The maximum Gasteiger partial charge on any atom is 0.273 e. The van der Waals surface area contributed by atoms with E-state index in [4.69, 9.17) is 10.5 Å². The van der Waals surface area contributed by atoms with Gasteiger partial charge in [-0.3, -0.25) is 9.59 Å². The number of hydrogen-bond donors (Lipinski definition) is 1. The van der Waals surface area contributed by atoms with Gasteiger partial charge in [0.25, 0.3) is 5.91 Å². The second kappa shape index (κ2) is 7.33. The number of hydrogen-bond acceptors (Lipinski definition) is 5. The van der Waals surface area contributed by atoms with Gasteiger partial charge in [0.2, 0.25) is 5.91 Å². The van der Waals surface area contributed by atoms with Gasteiger partial charge in [-0.1, -0.05) is 6.07 Å². The lowest BCUT2D eigenvalue weighted by Gasteiger charge is -2.33. The number of carbonyl (C=O) groups is 2. The summed E-state index contributed by atoms with van der Waals surface area (Å²) in [7, 11) is 2.00. The van der Waals surface area contributed by atoms with E-state index in [1.165, 1.54) is 4.90 Å². The van der Waals surface area contributed by atoms with Crippen molar-refractivity contribution in [2.45, 2.75) is 13.0 Å². The molecular weight excluding hydrogens is 284 g/mol. The number of amides is 2. The molecule has 1 aliphatic heterocycles. The molecule has 1 atom stereocenters. The van der Waals surface area contributed by atoms with Gasteiger partial charge in [0.1, 0.15) is 5.69 Å². The maximum absolute atomic E-state index is 12.6. The van der Waals surface area contributed by atoms with E-state index in [0.29, 0.717) is 25.4 Å². The highest BCUT2D eigenvalue weighted by atomic mass is 16.5. The van der Waals surface area contributed by atoms with Gasteiger partial charge in [-0.25, -0.2) is 4.98 Å². The average Bonchev–Trinajstić information content (AvgIpc) is 2.45. The van der Waals surface area contributed by atoms with Crippen molar-refractivity contribution in [2.24, 2.45) is 5.73 Å². The Labute approximate surface area is 130 Å². The predicted octanol–water partition coefficient (Wildman–Crippen LogP) is -0.352. The average molecular weight is 306 g/mol. The summed E-state index contributed by atoms with van der Waals surface area (Å²) in [5.74, 6) is -0.857. The molecule has 120 valence electrons. The predicted molar refractivity (Wildman–Crippen MR) is 81.3 cm³/mol. The zero-order valence-electron chi connectivity index (χ0n) is 13.0. The molecule has 1 fully saturated rings. The van der Waals surface area contributed by atoms with Gasteiger partial charge >= 0.3 is 0 Å². The highest BCUT2D eigenvalue weighted by molar-refractivity contribution is 5.94. The molecule has 1 unspecified atom stereocenters. The lowest BCUT2D eigenvalue weighted by atomic mass is 10.2. The van der Waals surface area contributed by atoms with Crippen LogP contribution < -0.4 is 5.73 Å². The normalized spacial score (nSPS) is 18.9. The van der Waals surface area contributed by atoms with E-state index in [1.54, 1.807) is 12.1 Å². The van der Waals surface area contributed by atoms with Crippen LogP contribution in [0.4, 0.5) is 0 Å². The Hall–Kier alpha value is -1.99. The molecule has 0 spiro atoms. The van der Waals surface area contributed by atoms with Gasteiger partial charge in [0, 0.05) is 25.3 Å². The van der Waals surface area contributed by atoms with Crippen LogP contribution in [-0.2, 0) is 9.53 Å². The number of likely N-dealkylation sites (N-methyl/N-ethyl adjacent to an activating group) is 1. The Balaban J connectivity index is 2.11. The van der Waals surface area contributed by atoms with Gasteiger partial charge in [-0.05, 0) is 26.1 Å². The highest BCUT2D eigenvalue weighted by Crippen LogP contribution is 2.09. The Morgan fingerprint density at radius 2 is 2.27 bits per heavy atom. The molecule has 1 aromatic heterocycles. The molecule has 0 bridgehead atoms. The fourth-order valence-electron chi connectivity index (χ4n) is 2.45. The number of aromatic nitrogens is 1. The molecular formula is C15H22N4O3. The van der Waals surface area contributed by atoms with Crippen LogP contribution in [-0.4, -0.2) is 72.5 Å². The molecule has 1 aromatic rings. The van der Waals surface area contributed by atoms with E-state index in [2.05, 4.69) is 9.88 Å². The number of nitrogens with zero attached hydrogens (tertiary/aromatic N) is 3. The summed E-state index contributed by atoms with van der Waals surface area (Å²) in [4.78, 5) is 31.6. The van der Waals surface area contributed by atoms with Gasteiger partial charge < -0.3 is 20.3 Å². The number of pyridine rings is 1. The summed E-state index contributed by atoms with van der Waals surface area (Å²) in [5.41, 5.74) is 6.33. The topological polar surface area (TPSA) is 88.8 Å². The first-order chi connectivity index (χ1) is 10.5. The quantitative estimate of drug-likeness (QED) is 0.803. The van der Waals surface area contributed by atoms with Crippen molar-refractivity contribution >= 4 is 11.8 Å². The van der Waals surface area contributed by atoms with E-state index < -0.39 is 5.91 Å². The Kier molecular flexibility index (Phi) is 5.46. The third kappa shape index (κ3) is 4.51. The van der Waals surface area contributed by atoms with Gasteiger partial charge in [0.05, 0.1) is 19.3 Å². The molecule has 0 aromatic carbocycles. The van der Waals surface area contributed by atoms with Crippen molar-refractivity contribution in [3.05, 3.63) is 29.6 Å². The summed E-state index contributed by atoms with van der Waals surface area (Å²) in [6.07, 6.45) is -0.133. The second-order valence-corrected chi connectivity index (χ2v) is 5.57. The Morgan fingerprint density at radius 1 is 1.50 bits per heavy atom. The van der Waals surface area contributed by atoms with Crippen LogP contribution in [0.25, 0.3) is 0 Å². The van der Waals surface area contributed by atoms with E-state index in [0.717, 1.165) is 12.2 Å². The molecule has 1 aliphatic rings. The first-order valence-corrected chi connectivity index (χ1v) is 7.27. The largest absolute Gasteiger partial charge is 0.374 e. The first kappa shape index (κ1) is 16.4. The monoisotopic (exact) mass is 306 g/mol. The lowest BCUT2D eigenvalue weighted by Crippen LogP contribution is -2.49. The van der Waals surface area contributed by atoms with E-state index in [9.17, 15) is 9.59 Å². The molecule has 2 heterocycles. The minimum Gasteiger partial charge on any atom is -0.374 e. The Bertz CT molecular complexity index is 549. The van der Waals surface area contributed by atoms with Crippen molar-refractivity contribution in [1.82, 2.24) is 14.8 Å². The number of carbonyl (C=O) groups excluding carboxylic acids is 2. The van der Waals surface area contributed by atoms with E-state index in [1.807, 2.05) is 20.0 Å². The van der Waals surface area contributed by atoms with Crippen LogP contribution >= 0.6 is 0 Å². The van der Waals surface area contributed by atoms with Crippen LogP contribution in [0.3, 0.4) is 0 Å². The third-order valence-electron chi connectivity index (χ3n) is 3.51. The molecule has 7 nitrogen and oxygen atoms in total. The van der Waals surface area contributed by atoms with Crippen molar-refractivity contribution < 1.29 is 14.3 Å². The molecule has 2 rings (SSSR count). The minimum absolute atomic E-state index is 0.133. The van der Waals surface area contributed by atoms with Crippen LogP contribution in [0.1, 0.15) is 16.2 Å². The fourth-order valence-corrected chi connectivity index (χ4v) is 2.45. The Morgan fingerprint density at radius 3 is 2.91 bits per heavy atom. The van der Waals surface area contributed by atoms with Crippen molar-refractivity contribution in [2.75, 3.05) is 39.8 Å². The number of nitrogens with two attached hydrogens (primary N) is 1. The van der Waals surface area contributed by atoms with Gasteiger partial charge in [-0.2, -0.15) is 0 Å². The molecule has 2 amide bonds. The number of primary amides is 1. The van der Waals surface area contributed by atoms with Gasteiger partial charge in [-0.15, -0.1) is 0 Å². The minimum atomic E-state index is -0.551. The summed E-state index contributed by atoms with van der Waals surface area (Å²) in [5, 5.41) is 0. The number of rotatable bonds is 5. The fraction of sp³-hybridized carbons (Fsp3) is 0.533. The SMILES string of the molecule is Cc1cccc(C(=O)N(CC(N)=O)CC2CN(C)CCO2)n1. The van der Waals surface area contributed by atoms with Crippen molar-refractivity contribution in [3.63, 3.8) is 0 Å². The molecule has 7 heteroatoms. The van der Waals surface area contributed by atoms with Crippen molar-refractivity contribution in [3.8, 4) is 0 Å². The number of morpholine rings is 1. The third-order valence-corrected chi connectivity index (χ3v) is 3.51. The van der Waals surface area contributed by atoms with E-state index >= 15 is 0 Å². The summed E-state index contributed by atoms with van der Waals surface area (Å²) in [6.45, 7) is 4.18. The summed E-state index contributed by atoms with van der Waals surface area (Å²) < 4.78 is 5.66. The van der Waals surface area contributed by atoms with Crippen LogP contribution in [0, 0.1) is 6.92 Å². The molecule has 0 saturated carbocycles. The van der Waals surface area contributed by atoms with Gasteiger partial charge in [0.15, 0.2) is 0 Å². The number of aryl methyl sites for hydroxylation is 1. The molecule has 0 aliphatic carbocycles. The standard InChI is InChI=1S/C15H22N4O3/c1-11-4-3-5-13(17-11)15(21)19(10-14(16)20)9-12-8-18(2)6-7-22-12/h3-5,12H,6-10H2,1-2H3,(H2,16,20). The van der Waals surface area contributed by atoms with E-state index in [-0.39, 0.29) is 18.6 Å².